The van der Waals surface area contributed by atoms with E-state index in [1.165, 1.54) is 106 Å². The van der Waals surface area contributed by atoms with Gasteiger partial charge in [0.2, 0.25) is 0 Å². The smallest absolute Gasteiger partial charge is 0.136 e. The van der Waals surface area contributed by atoms with Crippen LogP contribution in [0, 0.1) is 0 Å². The molecule has 4 aliphatic carbocycles. The van der Waals surface area contributed by atoms with Crippen LogP contribution in [0.25, 0.3) is 77.6 Å². The van der Waals surface area contributed by atoms with E-state index < -0.39 is 5.41 Å². The highest BCUT2D eigenvalue weighted by Gasteiger charge is 2.52. The number of hydrogen-bond acceptors (Lipinski definition) is 2. The SMILES string of the molecule is CC1(C)c2ccccc2-c2ccc(N(c3ccc4c(c3)C(C)(C)c3cc5oc6ccccc6c5c(-c5ccccc5)c3-4)c3ccc4c(c3)C3(c5ccccc5-c5ccccc53)c3ccccc3-4)cc21. The number of furan rings is 1. The van der Waals surface area contributed by atoms with Gasteiger partial charge in [0.05, 0.1) is 5.41 Å². The van der Waals surface area contributed by atoms with E-state index in [9.17, 15) is 0 Å². The van der Waals surface area contributed by atoms with Crippen molar-refractivity contribution in [3.8, 4) is 55.6 Å². The molecule has 0 saturated heterocycles. The maximum Gasteiger partial charge on any atom is 0.136 e. The van der Waals surface area contributed by atoms with Crippen molar-refractivity contribution >= 4 is 39.0 Å². The first-order valence-corrected chi connectivity index (χ1v) is 24.4. The Kier molecular flexibility index (Phi) is 7.60. The normalized spacial score (nSPS) is 15.3. The molecule has 69 heavy (non-hydrogen) atoms. The van der Waals surface area contributed by atoms with E-state index in [0.29, 0.717) is 0 Å². The molecule has 0 radical (unpaired) electrons. The Balaban J connectivity index is 0.988. The predicted octanol–water partition coefficient (Wildman–Crippen LogP) is 17.7. The summed E-state index contributed by atoms with van der Waals surface area (Å²) < 4.78 is 6.72. The van der Waals surface area contributed by atoms with E-state index in [0.717, 1.165) is 33.6 Å². The molecule has 15 rings (SSSR count). The number of benzene rings is 10. The van der Waals surface area contributed by atoms with Gasteiger partial charge in [-0.2, -0.15) is 0 Å². The van der Waals surface area contributed by atoms with Gasteiger partial charge < -0.3 is 9.32 Å². The van der Waals surface area contributed by atoms with Crippen LogP contribution in [0.5, 0.6) is 0 Å². The summed E-state index contributed by atoms with van der Waals surface area (Å²) in [5, 5.41) is 2.32. The van der Waals surface area contributed by atoms with Crippen LogP contribution >= 0.6 is 0 Å². The van der Waals surface area contributed by atoms with Gasteiger partial charge in [-0.1, -0.05) is 191 Å². The second-order valence-corrected chi connectivity index (χ2v) is 20.7. The van der Waals surface area contributed by atoms with Gasteiger partial charge in [0.15, 0.2) is 0 Å². The first-order valence-electron chi connectivity index (χ1n) is 24.4. The second kappa shape index (κ2) is 13.5. The molecule has 0 N–H and O–H groups in total. The van der Waals surface area contributed by atoms with Crippen LogP contribution in [0.3, 0.4) is 0 Å². The van der Waals surface area contributed by atoms with Gasteiger partial charge in [0.1, 0.15) is 11.2 Å². The fraction of sp³-hybridized carbons (Fsp3) is 0.104. The van der Waals surface area contributed by atoms with E-state index in [4.69, 9.17) is 4.42 Å². The third-order valence-corrected chi connectivity index (χ3v) is 16.7. The van der Waals surface area contributed by atoms with Crippen molar-refractivity contribution < 1.29 is 4.42 Å². The van der Waals surface area contributed by atoms with Crippen molar-refractivity contribution in [2.45, 2.75) is 43.9 Å². The van der Waals surface area contributed by atoms with E-state index >= 15 is 0 Å². The molecule has 0 aliphatic heterocycles. The largest absolute Gasteiger partial charge is 0.456 e. The fourth-order valence-electron chi connectivity index (χ4n) is 13.6. The molecule has 1 spiro atoms. The minimum absolute atomic E-state index is 0.162. The van der Waals surface area contributed by atoms with E-state index in [2.05, 4.69) is 245 Å². The molecule has 4 aliphatic rings. The van der Waals surface area contributed by atoms with Crippen LogP contribution in [0.1, 0.15) is 72.2 Å². The molecule has 0 saturated carbocycles. The number of anilines is 3. The van der Waals surface area contributed by atoms with Gasteiger partial charge in [-0.25, -0.2) is 0 Å². The van der Waals surface area contributed by atoms with Crippen molar-refractivity contribution in [3.05, 3.63) is 257 Å². The second-order valence-electron chi connectivity index (χ2n) is 20.7. The Morgan fingerprint density at radius 2 is 0.754 bits per heavy atom. The summed E-state index contributed by atoms with van der Waals surface area (Å²) in [6.45, 7) is 9.57. The molecule has 0 unspecified atom stereocenters. The average Bonchev–Trinajstić information content (AvgIpc) is 4.12. The lowest BCUT2D eigenvalue weighted by Gasteiger charge is -2.33. The number of para-hydroxylation sites is 1. The van der Waals surface area contributed by atoms with Crippen LogP contribution in [0.15, 0.2) is 217 Å². The van der Waals surface area contributed by atoms with Crippen molar-refractivity contribution in [3.63, 3.8) is 0 Å². The van der Waals surface area contributed by atoms with Crippen LogP contribution in [0.2, 0.25) is 0 Å². The maximum atomic E-state index is 6.72. The first kappa shape index (κ1) is 38.9. The highest BCUT2D eigenvalue weighted by molar-refractivity contribution is 6.18. The first-order chi connectivity index (χ1) is 33.7. The van der Waals surface area contributed by atoms with E-state index in [1.54, 1.807) is 0 Å². The predicted molar refractivity (Wildman–Crippen MR) is 285 cm³/mol. The number of fused-ring (bicyclic) bond motifs is 19. The molecule has 1 aromatic heterocycles. The highest BCUT2D eigenvalue weighted by Crippen LogP contribution is 2.64. The topological polar surface area (TPSA) is 16.4 Å². The zero-order valence-corrected chi connectivity index (χ0v) is 39.1. The minimum Gasteiger partial charge on any atom is -0.456 e. The summed E-state index contributed by atoms with van der Waals surface area (Å²) in [5.41, 5.74) is 27.9. The summed E-state index contributed by atoms with van der Waals surface area (Å²) in [4.78, 5) is 2.54. The summed E-state index contributed by atoms with van der Waals surface area (Å²) in [5.74, 6) is 0. The van der Waals surface area contributed by atoms with Crippen LogP contribution in [-0.2, 0) is 16.2 Å². The van der Waals surface area contributed by atoms with Crippen LogP contribution in [0.4, 0.5) is 17.1 Å². The summed E-state index contributed by atoms with van der Waals surface area (Å²) in [7, 11) is 0. The molecular weight excluding hydrogens is 835 g/mol. The molecular formula is C67H47NO. The molecule has 326 valence electrons. The monoisotopic (exact) mass is 881 g/mol. The van der Waals surface area contributed by atoms with Gasteiger partial charge in [-0.3, -0.25) is 0 Å². The summed E-state index contributed by atoms with van der Waals surface area (Å²) in [6, 6.07) is 79.8. The fourth-order valence-corrected chi connectivity index (χ4v) is 13.6. The molecule has 10 aromatic carbocycles. The molecule has 0 amide bonds. The third-order valence-electron chi connectivity index (χ3n) is 16.7. The van der Waals surface area contributed by atoms with Crippen LogP contribution in [-0.4, -0.2) is 0 Å². The van der Waals surface area contributed by atoms with Gasteiger partial charge in [-0.05, 0) is 143 Å². The zero-order chi connectivity index (χ0) is 46.0. The van der Waals surface area contributed by atoms with Crippen molar-refractivity contribution in [1.29, 1.82) is 0 Å². The average molecular weight is 882 g/mol. The lowest BCUT2D eigenvalue weighted by molar-refractivity contribution is 0.647. The molecule has 2 heteroatoms. The number of nitrogens with zero attached hydrogens (tertiary/aromatic N) is 1. The van der Waals surface area contributed by atoms with Gasteiger partial charge in [0, 0.05) is 44.2 Å². The van der Waals surface area contributed by atoms with Gasteiger partial charge >= 0.3 is 0 Å². The lowest BCUT2D eigenvalue weighted by atomic mass is 9.70. The maximum absolute atomic E-state index is 6.72. The van der Waals surface area contributed by atoms with Crippen molar-refractivity contribution in [2.24, 2.45) is 0 Å². The summed E-state index contributed by atoms with van der Waals surface area (Å²) >= 11 is 0. The number of hydrogen-bond donors (Lipinski definition) is 0. The van der Waals surface area contributed by atoms with Crippen molar-refractivity contribution in [1.82, 2.24) is 0 Å². The minimum atomic E-state index is -0.459. The Morgan fingerprint density at radius 3 is 1.36 bits per heavy atom. The molecule has 11 aromatic rings. The van der Waals surface area contributed by atoms with Crippen molar-refractivity contribution in [2.75, 3.05) is 4.90 Å². The zero-order valence-electron chi connectivity index (χ0n) is 39.1. The molecule has 0 bridgehead atoms. The van der Waals surface area contributed by atoms with Crippen LogP contribution < -0.4 is 4.90 Å². The Bertz CT molecular complexity index is 3970. The standard InChI is InChI=1S/C67H47NO/c1-65(2)52-25-13-8-20-44(52)48-33-30-41(36-56(48)65)68(43-31-34-49-47-23-11-16-28-55(47)67(58(49)38-43)53-26-14-9-21-45(53)46-22-10-15-27-54(46)67)42-32-35-50-57(37-42)66(3,4)59-39-61-64(51-24-12-17-29-60(51)69-61)62(63(50)59)40-18-6-5-7-19-40/h5-39H,1-4H3. The van der Waals surface area contributed by atoms with Gasteiger partial charge in [0.25, 0.3) is 0 Å². The molecule has 2 nitrogen and oxygen atoms in total. The van der Waals surface area contributed by atoms with E-state index in [1.807, 2.05) is 0 Å². The van der Waals surface area contributed by atoms with Gasteiger partial charge in [-0.15, -0.1) is 0 Å². The number of rotatable bonds is 4. The Morgan fingerprint density at radius 1 is 0.319 bits per heavy atom. The molecule has 1 heterocycles. The van der Waals surface area contributed by atoms with E-state index in [-0.39, 0.29) is 10.8 Å². The Labute approximate surface area is 402 Å². The molecule has 0 fully saturated rings. The Hall–Kier alpha value is -8.20. The summed E-state index contributed by atoms with van der Waals surface area (Å²) in [6.07, 6.45) is 0. The third kappa shape index (κ3) is 4.91. The highest BCUT2D eigenvalue weighted by atomic mass is 16.3. The quantitative estimate of drug-likeness (QED) is 0.175. The molecule has 0 atom stereocenters. The lowest BCUT2D eigenvalue weighted by Crippen LogP contribution is -2.26.